The SMILES string of the molecule is Cc1ncncc1-n1cnc[n+]1C. The quantitative estimate of drug-likeness (QED) is 0.565. The van der Waals surface area contributed by atoms with E-state index in [2.05, 4.69) is 15.0 Å². The fourth-order valence-electron chi connectivity index (χ4n) is 1.17. The van der Waals surface area contributed by atoms with Gasteiger partial charge in [-0.3, -0.25) is 0 Å². The maximum atomic E-state index is 4.10. The molecular weight excluding hydrogens is 166 g/mol. The van der Waals surface area contributed by atoms with Gasteiger partial charge >= 0.3 is 6.33 Å². The van der Waals surface area contributed by atoms with Crippen LogP contribution in [0.25, 0.3) is 5.69 Å². The summed E-state index contributed by atoms with van der Waals surface area (Å²) in [7, 11) is 1.92. The summed E-state index contributed by atoms with van der Waals surface area (Å²) < 4.78 is 3.75. The van der Waals surface area contributed by atoms with Crippen LogP contribution in [0.4, 0.5) is 0 Å². The molecule has 2 heterocycles. The summed E-state index contributed by atoms with van der Waals surface area (Å²) in [6.07, 6.45) is 6.76. The first kappa shape index (κ1) is 7.85. The van der Waals surface area contributed by atoms with Crippen molar-refractivity contribution in [1.82, 2.24) is 19.6 Å². The van der Waals surface area contributed by atoms with Gasteiger partial charge in [-0.25, -0.2) is 9.97 Å². The number of rotatable bonds is 1. The molecule has 2 rings (SSSR count). The molecular formula is C8H10N5+. The van der Waals surface area contributed by atoms with Crippen molar-refractivity contribution in [2.24, 2.45) is 7.05 Å². The Balaban J connectivity index is 2.59. The van der Waals surface area contributed by atoms with Crippen molar-refractivity contribution in [3.8, 4) is 5.69 Å². The van der Waals surface area contributed by atoms with Gasteiger partial charge in [0.25, 0.3) is 0 Å². The Kier molecular flexibility index (Phi) is 1.77. The fourth-order valence-corrected chi connectivity index (χ4v) is 1.17. The molecule has 66 valence electrons. The zero-order chi connectivity index (χ0) is 9.26. The van der Waals surface area contributed by atoms with Crippen LogP contribution in [0.1, 0.15) is 5.69 Å². The Bertz CT molecular complexity index is 420. The van der Waals surface area contributed by atoms with Crippen LogP contribution in [0, 0.1) is 6.92 Å². The summed E-state index contributed by atoms with van der Waals surface area (Å²) >= 11 is 0. The van der Waals surface area contributed by atoms with Crippen LogP contribution in [0.3, 0.4) is 0 Å². The van der Waals surface area contributed by atoms with Crippen molar-refractivity contribution in [3.05, 3.63) is 30.9 Å². The van der Waals surface area contributed by atoms with E-state index in [1.54, 1.807) is 18.9 Å². The Hall–Kier alpha value is -1.78. The zero-order valence-electron chi connectivity index (χ0n) is 7.55. The molecule has 2 aromatic heterocycles. The molecule has 0 aliphatic rings. The second kappa shape index (κ2) is 2.93. The highest BCUT2D eigenvalue weighted by Crippen LogP contribution is 2.04. The van der Waals surface area contributed by atoms with E-state index in [4.69, 9.17) is 0 Å². The average Bonchev–Trinajstić information content (AvgIpc) is 2.52. The van der Waals surface area contributed by atoms with Crippen molar-refractivity contribution in [2.75, 3.05) is 0 Å². The van der Waals surface area contributed by atoms with Gasteiger partial charge in [0.1, 0.15) is 19.1 Å². The standard InChI is InChI=1S/C8H10N5/c1-7-8(3-9-4-11-7)13-6-10-5-12(13)2/h3-6H,1-2H3/q+1. The first-order valence-corrected chi connectivity index (χ1v) is 3.94. The normalized spacial score (nSPS) is 10.3. The number of aryl methyl sites for hydroxylation is 2. The van der Waals surface area contributed by atoms with Crippen LogP contribution in [0.2, 0.25) is 0 Å². The number of aromatic nitrogens is 5. The Morgan fingerprint density at radius 2 is 2.23 bits per heavy atom. The van der Waals surface area contributed by atoms with E-state index in [1.807, 2.05) is 23.3 Å². The molecule has 2 aromatic rings. The molecule has 0 atom stereocenters. The summed E-state index contributed by atoms with van der Waals surface area (Å²) in [4.78, 5) is 12.1. The highest BCUT2D eigenvalue weighted by atomic mass is 15.4. The summed E-state index contributed by atoms with van der Waals surface area (Å²) in [6, 6.07) is 0. The summed E-state index contributed by atoms with van der Waals surface area (Å²) in [6.45, 7) is 1.94. The molecule has 0 radical (unpaired) electrons. The third-order valence-electron chi connectivity index (χ3n) is 1.88. The van der Waals surface area contributed by atoms with E-state index in [0.29, 0.717) is 0 Å². The van der Waals surface area contributed by atoms with Gasteiger partial charge in [0, 0.05) is 0 Å². The highest BCUT2D eigenvalue weighted by molar-refractivity contribution is 5.29. The molecule has 13 heavy (non-hydrogen) atoms. The maximum Gasteiger partial charge on any atom is 0.306 e. The van der Waals surface area contributed by atoms with Gasteiger partial charge in [0.2, 0.25) is 6.33 Å². The first-order chi connectivity index (χ1) is 6.29. The molecule has 5 nitrogen and oxygen atoms in total. The molecule has 0 saturated carbocycles. The van der Waals surface area contributed by atoms with E-state index >= 15 is 0 Å². The average molecular weight is 176 g/mol. The van der Waals surface area contributed by atoms with E-state index < -0.39 is 0 Å². The molecule has 0 bridgehead atoms. The highest BCUT2D eigenvalue weighted by Gasteiger charge is 2.08. The second-order valence-electron chi connectivity index (χ2n) is 2.79. The minimum atomic E-state index is 0.934. The van der Waals surface area contributed by atoms with Crippen molar-refractivity contribution < 1.29 is 4.68 Å². The lowest BCUT2D eigenvalue weighted by molar-refractivity contribution is -0.745. The molecule has 0 fully saturated rings. The van der Waals surface area contributed by atoms with E-state index in [0.717, 1.165) is 11.4 Å². The maximum absolute atomic E-state index is 4.10. The van der Waals surface area contributed by atoms with Crippen molar-refractivity contribution in [2.45, 2.75) is 6.92 Å². The predicted molar refractivity (Wildman–Crippen MR) is 45.1 cm³/mol. The monoisotopic (exact) mass is 176 g/mol. The summed E-state index contributed by atoms with van der Waals surface area (Å²) in [5.74, 6) is 0. The topological polar surface area (TPSA) is 47.5 Å². The third kappa shape index (κ3) is 1.28. The largest absolute Gasteiger partial charge is 0.306 e. The van der Waals surface area contributed by atoms with Crippen LogP contribution in [0.15, 0.2) is 25.2 Å². The molecule has 5 heteroatoms. The smallest absolute Gasteiger partial charge is 0.242 e. The van der Waals surface area contributed by atoms with Crippen molar-refractivity contribution >= 4 is 0 Å². The van der Waals surface area contributed by atoms with Gasteiger partial charge in [-0.05, 0) is 11.9 Å². The number of hydrogen-bond donors (Lipinski definition) is 0. The second-order valence-corrected chi connectivity index (χ2v) is 2.79. The van der Waals surface area contributed by atoms with Gasteiger partial charge in [-0.2, -0.15) is 4.68 Å². The van der Waals surface area contributed by atoms with Crippen LogP contribution >= 0.6 is 0 Å². The Morgan fingerprint density at radius 1 is 1.38 bits per heavy atom. The van der Waals surface area contributed by atoms with Crippen molar-refractivity contribution in [3.63, 3.8) is 0 Å². The summed E-state index contributed by atoms with van der Waals surface area (Å²) in [5, 5.41) is 0. The van der Waals surface area contributed by atoms with E-state index in [9.17, 15) is 0 Å². The molecule has 0 spiro atoms. The summed E-state index contributed by atoms with van der Waals surface area (Å²) in [5.41, 5.74) is 1.88. The van der Waals surface area contributed by atoms with Gasteiger partial charge in [0.15, 0.2) is 0 Å². The lowest BCUT2D eigenvalue weighted by Crippen LogP contribution is -2.37. The van der Waals surface area contributed by atoms with E-state index in [1.165, 1.54) is 6.33 Å². The van der Waals surface area contributed by atoms with Crippen molar-refractivity contribution in [1.29, 1.82) is 0 Å². The zero-order valence-corrected chi connectivity index (χ0v) is 7.55. The Morgan fingerprint density at radius 3 is 2.85 bits per heavy atom. The van der Waals surface area contributed by atoms with Crippen LogP contribution in [0.5, 0.6) is 0 Å². The molecule has 0 aliphatic carbocycles. The lowest BCUT2D eigenvalue weighted by Gasteiger charge is -2.01. The van der Waals surface area contributed by atoms with Crippen LogP contribution in [-0.2, 0) is 7.05 Å². The van der Waals surface area contributed by atoms with Crippen LogP contribution in [-0.4, -0.2) is 19.6 Å². The molecule has 0 N–H and O–H groups in total. The molecule has 0 aromatic carbocycles. The minimum Gasteiger partial charge on any atom is -0.242 e. The van der Waals surface area contributed by atoms with Crippen LogP contribution < -0.4 is 4.68 Å². The van der Waals surface area contributed by atoms with E-state index in [-0.39, 0.29) is 0 Å². The lowest BCUT2D eigenvalue weighted by atomic mass is 10.4. The molecule has 0 saturated heterocycles. The van der Waals surface area contributed by atoms with Gasteiger partial charge < -0.3 is 0 Å². The molecule has 0 amide bonds. The van der Waals surface area contributed by atoms with Gasteiger partial charge in [0.05, 0.1) is 11.9 Å². The molecule has 0 unspecified atom stereocenters. The third-order valence-corrected chi connectivity index (χ3v) is 1.88. The first-order valence-electron chi connectivity index (χ1n) is 3.94. The minimum absolute atomic E-state index is 0.934. The van der Waals surface area contributed by atoms with Gasteiger partial charge in [-0.1, -0.05) is 0 Å². The fraction of sp³-hybridized carbons (Fsp3) is 0.250. The predicted octanol–water partition coefficient (Wildman–Crippen LogP) is -0.205. The molecule has 0 aliphatic heterocycles. The number of nitrogens with zero attached hydrogens (tertiary/aromatic N) is 5. The number of hydrogen-bond acceptors (Lipinski definition) is 3. The van der Waals surface area contributed by atoms with Gasteiger partial charge in [-0.15, -0.1) is 4.68 Å². The Labute approximate surface area is 75.7 Å².